The number of benzene rings is 2. The van der Waals surface area contributed by atoms with Crippen LogP contribution in [0.2, 0.25) is 0 Å². The lowest BCUT2D eigenvalue weighted by atomic mass is 9.88. The summed E-state index contributed by atoms with van der Waals surface area (Å²) in [4.78, 5) is 0.348. The summed E-state index contributed by atoms with van der Waals surface area (Å²) >= 11 is 3.49. The van der Waals surface area contributed by atoms with Crippen LogP contribution in [0.1, 0.15) is 61.6 Å². The summed E-state index contributed by atoms with van der Waals surface area (Å²) in [7, 11) is -3.26. The van der Waals surface area contributed by atoms with E-state index in [4.69, 9.17) is 0 Å². The van der Waals surface area contributed by atoms with Crippen molar-refractivity contribution in [1.29, 1.82) is 0 Å². The molecule has 0 bridgehead atoms. The number of phenolic OH excluding ortho intramolecular Hbond substituents is 1. The predicted molar refractivity (Wildman–Crippen MR) is 124 cm³/mol. The van der Waals surface area contributed by atoms with Crippen molar-refractivity contribution in [2.24, 2.45) is 0 Å². The standard InChI is InChI=1S/C24H29BrO3S/c1-29(27,28)20-12-6-11-19(17-20)21-14-7-9-18-10-8-15-23(26)24(18)22(21)13-4-2-3-5-16-25/h6,8,10-12,15,17,26H,2-5,7,9,13-14,16H2,1H3. The van der Waals surface area contributed by atoms with Crippen LogP contribution in [0, 0.1) is 0 Å². The van der Waals surface area contributed by atoms with Gasteiger partial charge < -0.3 is 5.11 Å². The number of unbranched alkanes of at least 4 members (excludes halogenated alkanes) is 3. The molecule has 2 aromatic carbocycles. The van der Waals surface area contributed by atoms with Crippen LogP contribution in [0.3, 0.4) is 0 Å². The highest BCUT2D eigenvalue weighted by atomic mass is 79.9. The molecule has 0 spiro atoms. The van der Waals surface area contributed by atoms with Crippen LogP contribution in [-0.4, -0.2) is 25.1 Å². The highest BCUT2D eigenvalue weighted by molar-refractivity contribution is 9.09. The number of phenols is 1. The van der Waals surface area contributed by atoms with Crippen molar-refractivity contribution >= 4 is 36.9 Å². The van der Waals surface area contributed by atoms with Crippen molar-refractivity contribution in [3.63, 3.8) is 0 Å². The number of hydrogen-bond donors (Lipinski definition) is 1. The fourth-order valence-corrected chi connectivity index (χ4v) is 5.22. The van der Waals surface area contributed by atoms with Gasteiger partial charge in [-0.3, -0.25) is 0 Å². The first-order valence-electron chi connectivity index (χ1n) is 10.3. The first-order valence-corrected chi connectivity index (χ1v) is 13.3. The summed E-state index contributed by atoms with van der Waals surface area (Å²) in [6.07, 6.45) is 9.51. The molecule has 0 atom stereocenters. The summed E-state index contributed by atoms with van der Waals surface area (Å²) in [6, 6.07) is 13.1. The van der Waals surface area contributed by atoms with E-state index in [0.29, 0.717) is 10.6 Å². The Morgan fingerprint density at radius 3 is 2.52 bits per heavy atom. The van der Waals surface area contributed by atoms with E-state index in [1.54, 1.807) is 18.2 Å². The van der Waals surface area contributed by atoms with E-state index in [1.165, 1.54) is 35.8 Å². The Hall–Kier alpha value is -1.59. The minimum Gasteiger partial charge on any atom is -0.507 e. The molecule has 0 amide bonds. The molecule has 0 saturated carbocycles. The van der Waals surface area contributed by atoms with Crippen LogP contribution in [0.4, 0.5) is 0 Å². The van der Waals surface area contributed by atoms with Crippen molar-refractivity contribution in [2.45, 2.75) is 56.3 Å². The molecule has 5 heteroatoms. The van der Waals surface area contributed by atoms with Crippen molar-refractivity contribution in [2.75, 3.05) is 11.6 Å². The van der Waals surface area contributed by atoms with Crippen molar-refractivity contribution < 1.29 is 13.5 Å². The normalized spacial score (nSPS) is 14.6. The molecule has 0 aliphatic heterocycles. The van der Waals surface area contributed by atoms with E-state index in [9.17, 15) is 13.5 Å². The van der Waals surface area contributed by atoms with Gasteiger partial charge in [0, 0.05) is 17.1 Å². The van der Waals surface area contributed by atoms with Crippen LogP contribution in [0.15, 0.2) is 47.4 Å². The van der Waals surface area contributed by atoms with Gasteiger partial charge in [-0.25, -0.2) is 8.42 Å². The fraction of sp³-hybridized carbons (Fsp3) is 0.417. The van der Waals surface area contributed by atoms with Crippen molar-refractivity contribution in [1.82, 2.24) is 0 Å². The molecule has 0 radical (unpaired) electrons. The summed E-state index contributed by atoms with van der Waals surface area (Å²) in [5, 5.41) is 11.7. The lowest BCUT2D eigenvalue weighted by Gasteiger charge is -2.17. The van der Waals surface area contributed by atoms with E-state index in [0.717, 1.165) is 55.0 Å². The smallest absolute Gasteiger partial charge is 0.175 e. The van der Waals surface area contributed by atoms with Gasteiger partial charge in [0.05, 0.1) is 4.90 Å². The van der Waals surface area contributed by atoms with E-state index >= 15 is 0 Å². The molecule has 1 N–H and O–H groups in total. The molecule has 2 aromatic rings. The summed E-state index contributed by atoms with van der Waals surface area (Å²) in [6.45, 7) is 0. The molecule has 156 valence electrons. The molecule has 29 heavy (non-hydrogen) atoms. The van der Waals surface area contributed by atoms with E-state index in [2.05, 4.69) is 22.0 Å². The Bertz CT molecular complexity index is 993. The van der Waals surface area contributed by atoms with Gasteiger partial charge in [0.1, 0.15) is 5.75 Å². The fourth-order valence-electron chi connectivity index (χ4n) is 4.16. The van der Waals surface area contributed by atoms with Gasteiger partial charge in [-0.15, -0.1) is 0 Å². The van der Waals surface area contributed by atoms with Crippen LogP contribution in [-0.2, 0) is 16.3 Å². The van der Waals surface area contributed by atoms with Crippen LogP contribution >= 0.6 is 15.9 Å². The molecule has 0 unspecified atom stereocenters. The number of alkyl halides is 1. The molecule has 1 aliphatic carbocycles. The lowest BCUT2D eigenvalue weighted by molar-refractivity contribution is 0.472. The zero-order valence-corrected chi connectivity index (χ0v) is 19.4. The Kier molecular flexibility index (Phi) is 7.58. The maximum absolute atomic E-state index is 12.1. The van der Waals surface area contributed by atoms with Crippen LogP contribution in [0.5, 0.6) is 5.75 Å². The van der Waals surface area contributed by atoms with Crippen LogP contribution in [0.25, 0.3) is 11.1 Å². The Morgan fingerprint density at radius 2 is 1.76 bits per heavy atom. The lowest BCUT2D eigenvalue weighted by Crippen LogP contribution is -1.99. The van der Waals surface area contributed by atoms with Gasteiger partial charge in [0.2, 0.25) is 0 Å². The minimum atomic E-state index is -3.26. The van der Waals surface area contributed by atoms with Gasteiger partial charge in [-0.05, 0) is 79.0 Å². The number of rotatable bonds is 8. The third kappa shape index (κ3) is 5.52. The number of hydrogen-bond acceptors (Lipinski definition) is 3. The van der Waals surface area contributed by atoms with Crippen molar-refractivity contribution in [3.05, 3.63) is 59.2 Å². The third-order valence-corrected chi connectivity index (χ3v) is 7.26. The SMILES string of the molecule is CS(=O)(=O)c1cccc(C2=C(CCCCCCBr)c3c(O)cccc3CCC2)c1. The maximum Gasteiger partial charge on any atom is 0.175 e. The van der Waals surface area contributed by atoms with E-state index < -0.39 is 9.84 Å². The second kappa shape index (κ2) is 9.94. The molecule has 3 nitrogen and oxygen atoms in total. The van der Waals surface area contributed by atoms with Crippen molar-refractivity contribution in [3.8, 4) is 5.75 Å². The molecule has 1 aliphatic rings. The first kappa shape index (κ1) is 22.1. The zero-order valence-electron chi connectivity index (χ0n) is 17.0. The van der Waals surface area contributed by atoms with Gasteiger partial charge in [0.25, 0.3) is 0 Å². The second-order valence-corrected chi connectivity index (χ2v) is 10.6. The summed E-state index contributed by atoms with van der Waals surface area (Å²) in [5.41, 5.74) is 5.47. The van der Waals surface area contributed by atoms with E-state index in [1.807, 2.05) is 18.2 Å². The maximum atomic E-state index is 12.1. The zero-order chi connectivity index (χ0) is 20.9. The van der Waals surface area contributed by atoms with Gasteiger partial charge >= 0.3 is 0 Å². The second-order valence-electron chi connectivity index (χ2n) is 7.78. The molecular weight excluding hydrogens is 448 g/mol. The Morgan fingerprint density at radius 1 is 1.00 bits per heavy atom. The van der Waals surface area contributed by atoms with Gasteiger partial charge in [0.15, 0.2) is 9.84 Å². The number of aryl methyl sites for hydroxylation is 1. The van der Waals surface area contributed by atoms with E-state index in [-0.39, 0.29) is 0 Å². The highest BCUT2D eigenvalue weighted by Crippen LogP contribution is 2.42. The third-order valence-electron chi connectivity index (χ3n) is 5.59. The first-order chi connectivity index (χ1) is 13.9. The predicted octanol–water partition coefficient (Wildman–Crippen LogP) is 6.39. The topological polar surface area (TPSA) is 54.4 Å². The van der Waals surface area contributed by atoms with Gasteiger partial charge in [-0.1, -0.05) is 53.0 Å². The number of fused-ring (bicyclic) bond motifs is 1. The van der Waals surface area contributed by atoms with Gasteiger partial charge in [-0.2, -0.15) is 0 Å². The summed E-state index contributed by atoms with van der Waals surface area (Å²) in [5.74, 6) is 0.330. The molecule has 0 saturated heterocycles. The quantitative estimate of drug-likeness (QED) is 0.354. The monoisotopic (exact) mass is 476 g/mol. The highest BCUT2D eigenvalue weighted by Gasteiger charge is 2.21. The largest absolute Gasteiger partial charge is 0.507 e. The molecule has 3 rings (SSSR count). The Labute approximate surface area is 182 Å². The number of halogens is 1. The van der Waals surface area contributed by atoms with Crippen LogP contribution < -0.4 is 0 Å². The average Bonchev–Trinajstić information content (AvgIpc) is 2.88. The minimum absolute atomic E-state index is 0.330. The molecule has 0 heterocycles. The molecular formula is C24H29BrO3S. The molecule has 0 aromatic heterocycles. The summed E-state index contributed by atoms with van der Waals surface area (Å²) < 4.78 is 24.2. The number of aromatic hydroxyl groups is 1. The average molecular weight is 477 g/mol. The number of sulfone groups is 1. The molecule has 0 fully saturated rings. The Balaban J connectivity index is 2.08. The number of allylic oxidation sites excluding steroid dienone is 2.